The molecular weight excluding hydrogens is 272 g/mol. The lowest BCUT2D eigenvalue weighted by atomic mass is 10.1. The van der Waals surface area contributed by atoms with E-state index in [9.17, 15) is 9.90 Å². The van der Waals surface area contributed by atoms with Crippen molar-refractivity contribution in [2.24, 2.45) is 0 Å². The molecule has 3 rings (SSSR count). The second-order valence-electron chi connectivity index (χ2n) is 5.32. The van der Waals surface area contributed by atoms with Crippen LogP contribution in [0, 0.1) is 0 Å². The van der Waals surface area contributed by atoms with E-state index in [4.69, 9.17) is 10.5 Å². The van der Waals surface area contributed by atoms with Crippen LogP contribution in [-0.2, 0) is 4.74 Å². The van der Waals surface area contributed by atoms with Crippen molar-refractivity contribution in [1.29, 1.82) is 0 Å². The van der Waals surface area contributed by atoms with Crippen LogP contribution in [0.25, 0.3) is 10.9 Å². The summed E-state index contributed by atoms with van der Waals surface area (Å²) >= 11 is 0. The Morgan fingerprint density at radius 2 is 2.43 bits per heavy atom. The van der Waals surface area contributed by atoms with Gasteiger partial charge in [-0.2, -0.15) is 5.10 Å². The number of anilines is 1. The van der Waals surface area contributed by atoms with Gasteiger partial charge in [0.05, 0.1) is 30.9 Å². The molecule has 1 fully saturated rings. The highest BCUT2D eigenvalue weighted by Crippen LogP contribution is 2.22. The first-order chi connectivity index (χ1) is 10.1. The molecule has 2 unspecified atom stereocenters. The second-order valence-corrected chi connectivity index (χ2v) is 5.32. The van der Waals surface area contributed by atoms with Crippen LogP contribution in [0.5, 0.6) is 0 Å². The molecule has 2 aromatic rings. The maximum atomic E-state index is 12.7. The van der Waals surface area contributed by atoms with Crippen molar-refractivity contribution in [1.82, 2.24) is 15.1 Å². The summed E-state index contributed by atoms with van der Waals surface area (Å²) in [5.41, 5.74) is 7.49. The van der Waals surface area contributed by atoms with Gasteiger partial charge < -0.3 is 20.5 Å². The number of carbonyl (C=O) groups excluding carboxylic acids is 1. The standard InChI is InChI=1S/C14H18N4O3/c1-8-7-21-10(6-19)5-18(8)14(20)13-11-4-9(15)2-3-12(11)16-17-13/h2-4,8,10,19H,5-7,15H2,1H3,(H,16,17). The van der Waals surface area contributed by atoms with Crippen LogP contribution in [-0.4, -0.2) is 58.0 Å². The topological polar surface area (TPSA) is 104 Å². The number of carbonyl (C=O) groups is 1. The predicted molar refractivity (Wildman–Crippen MR) is 77.8 cm³/mol. The van der Waals surface area contributed by atoms with Gasteiger partial charge in [0.25, 0.3) is 5.91 Å². The number of aromatic amines is 1. The third-order valence-electron chi connectivity index (χ3n) is 3.76. The Hall–Kier alpha value is -2.12. The van der Waals surface area contributed by atoms with E-state index in [1.807, 2.05) is 6.92 Å². The largest absolute Gasteiger partial charge is 0.399 e. The van der Waals surface area contributed by atoms with Gasteiger partial charge in [0.2, 0.25) is 0 Å². The number of amides is 1. The molecule has 1 aromatic heterocycles. The van der Waals surface area contributed by atoms with E-state index in [1.165, 1.54) is 0 Å². The summed E-state index contributed by atoms with van der Waals surface area (Å²) in [7, 11) is 0. The number of nitrogens with two attached hydrogens (primary N) is 1. The number of ether oxygens (including phenoxy) is 1. The number of aliphatic hydroxyl groups excluding tert-OH is 1. The Labute approximate surface area is 121 Å². The van der Waals surface area contributed by atoms with Crippen molar-refractivity contribution >= 4 is 22.5 Å². The molecule has 1 amide bonds. The lowest BCUT2D eigenvalue weighted by molar-refractivity contribution is -0.0668. The summed E-state index contributed by atoms with van der Waals surface area (Å²) in [5.74, 6) is -0.180. The number of morpholine rings is 1. The van der Waals surface area contributed by atoms with Gasteiger partial charge in [0.15, 0.2) is 5.69 Å². The third-order valence-corrected chi connectivity index (χ3v) is 3.76. The minimum absolute atomic E-state index is 0.0619. The monoisotopic (exact) mass is 290 g/mol. The van der Waals surface area contributed by atoms with Crippen molar-refractivity contribution in [2.75, 3.05) is 25.5 Å². The molecule has 0 aliphatic carbocycles. The van der Waals surface area contributed by atoms with E-state index in [2.05, 4.69) is 10.2 Å². The van der Waals surface area contributed by atoms with Crippen LogP contribution in [0.2, 0.25) is 0 Å². The van der Waals surface area contributed by atoms with E-state index < -0.39 is 0 Å². The van der Waals surface area contributed by atoms with Gasteiger partial charge in [-0.25, -0.2) is 0 Å². The average molecular weight is 290 g/mol. The Bertz CT molecular complexity index is 669. The number of fused-ring (bicyclic) bond motifs is 1. The predicted octanol–water partition coefficient (Wildman–Crippen LogP) is 0.367. The first-order valence-electron chi connectivity index (χ1n) is 6.87. The fraction of sp³-hybridized carbons (Fsp3) is 0.429. The van der Waals surface area contributed by atoms with Crippen LogP contribution in [0.4, 0.5) is 5.69 Å². The molecule has 1 aliphatic rings. The number of aliphatic hydroxyl groups is 1. The molecule has 0 saturated carbocycles. The highest BCUT2D eigenvalue weighted by atomic mass is 16.5. The quantitative estimate of drug-likeness (QED) is 0.693. The van der Waals surface area contributed by atoms with E-state index in [-0.39, 0.29) is 24.7 Å². The average Bonchev–Trinajstić information content (AvgIpc) is 2.90. The Balaban J connectivity index is 1.94. The van der Waals surface area contributed by atoms with Crippen molar-refractivity contribution < 1.29 is 14.6 Å². The molecule has 21 heavy (non-hydrogen) atoms. The number of rotatable bonds is 2. The molecule has 7 heteroatoms. The fourth-order valence-electron chi connectivity index (χ4n) is 2.54. The van der Waals surface area contributed by atoms with Crippen molar-refractivity contribution in [3.05, 3.63) is 23.9 Å². The van der Waals surface area contributed by atoms with Crippen molar-refractivity contribution in [3.63, 3.8) is 0 Å². The molecule has 0 radical (unpaired) electrons. The number of hydrogen-bond donors (Lipinski definition) is 3. The van der Waals surface area contributed by atoms with Crippen LogP contribution >= 0.6 is 0 Å². The minimum Gasteiger partial charge on any atom is -0.399 e. The molecule has 4 N–H and O–H groups in total. The second kappa shape index (κ2) is 5.34. The van der Waals surface area contributed by atoms with Crippen LogP contribution in [0.15, 0.2) is 18.2 Å². The van der Waals surface area contributed by atoms with E-state index in [0.717, 1.165) is 5.52 Å². The lowest BCUT2D eigenvalue weighted by Gasteiger charge is -2.37. The highest BCUT2D eigenvalue weighted by molar-refractivity contribution is 6.05. The van der Waals surface area contributed by atoms with Crippen molar-refractivity contribution in [3.8, 4) is 0 Å². The smallest absolute Gasteiger partial charge is 0.275 e. The number of H-pyrrole nitrogens is 1. The number of hydrogen-bond acceptors (Lipinski definition) is 5. The molecule has 0 bridgehead atoms. The fourth-order valence-corrected chi connectivity index (χ4v) is 2.54. The van der Waals surface area contributed by atoms with Gasteiger partial charge in [-0.1, -0.05) is 0 Å². The molecule has 1 aliphatic heterocycles. The van der Waals surface area contributed by atoms with Crippen molar-refractivity contribution in [2.45, 2.75) is 19.1 Å². The summed E-state index contributed by atoms with van der Waals surface area (Å²) in [4.78, 5) is 14.4. The Morgan fingerprint density at radius 1 is 1.62 bits per heavy atom. The molecule has 112 valence electrons. The summed E-state index contributed by atoms with van der Waals surface area (Å²) < 4.78 is 5.45. The van der Waals surface area contributed by atoms with Gasteiger partial charge in [-0.05, 0) is 25.1 Å². The molecule has 1 aromatic carbocycles. The maximum absolute atomic E-state index is 12.7. The lowest BCUT2D eigenvalue weighted by Crippen LogP contribution is -2.52. The molecule has 2 atom stereocenters. The molecule has 7 nitrogen and oxygen atoms in total. The third kappa shape index (κ3) is 2.45. The van der Waals surface area contributed by atoms with Gasteiger partial charge >= 0.3 is 0 Å². The Morgan fingerprint density at radius 3 is 3.19 bits per heavy atom. The molecule has 2 heterocycles. The normalized spacial score (nSPS) is 22.7. The number of nitrogens with one attached hydrogen (secondary N) is 1. The van der Waals surface area contributed by atoms with Crippen LogP contribution in [0.1, 0.15) is 17.4 Å². The Kier molecular flexibility index (Phi) is 3.52. The van der Waals surface area contributed by atoms with E-state index in [1.54, 1.807) is 23.1 Å². The highest BCUT2D eigenvalue weighted by Gasteiger charge is 2.31. The zero-order chi connectivity index (χ0) is 15.0. The SMILES string of the molecule is CC1COC(CO)CN1C(=O)c1n[nH]c2ccc(N)cc12. The number of aromatic nitrogens is 2. The van der Waals surface area contributed by atoms with Gasteiger partial charge in [0.1, 0.15) is 0 Å². The zero-order valence-corrected chi connectivity index (χ0v) is 11.7. The van der Waals surface area contributed by atoms with Gasteiger partial charge in [-0.15, -0.1) is 0 Å². The summed E-state index contributed by atoms with van der Waals surface area (Å²) in [5, 5.41) is 16.9. The van der Waals surface area contributed by atoms with E-state index >= 15 is 0 Å². The van der Waals surface area contributed by atoms with Crippen LogP contribution < -0.4 is 5.73 Å². The van der Waals surface area contributed by atoms with E-state index in [0.29, 0.717) is 29.9 Å². The zero-order valence-electron chi connectivity index (χ0n) is 11.7. The number of nitrogen functional groups attached to an aromatic ring is 1. The first-order valence-corrected chi connectivity index (χ1v) is 6.87. The summed E-state index contributed by atoms with van der Waals surface area (Å²) in [6, 6.07) is 5.23. The number of nitrogens with zero attached hydrogens (tertiary/aromatic N) is 2. The maximum Gasteiger partial charge on any atom is 0.275 e. The van der Waals surface area contributed by atoms with Gasteiger partial charge in [0, 0.05) is 17.6 Å². The first kappa shape index (κ1) is 13.8. The summed E-state index contributed by atoms with van der Waals surface area (Å²) in [6.45, 7) is 2.56. The van der Waals surface area contributed by atoms with Crippen LogP contribution in [0.3, 0.4) is 0 Å². The number of benzene rings is 1. The molecule has 0 spiro atoms. The molecule has 1 saturated heterocycles. The molecular formula is C14H18N4O3. The van der Waals surface area contributed by atoms with Gasteiger partial charge in [-0.3, -0.25) is 9.89 Å². The minimum atomic E-state index is -0.347. The summed E-state index contributed by atoms with van der Waals surface area (Å²) in [6.07, 6.45) is -0.347.